The van der Waals surface area contributed by atoms with Crippen LogP contribution in [-0.4, -0.2) is 48.5 Å². The summed E-state index contributed by atoms with van der Waals surface area (Å²) < 4.78 is 28.3. The number of nitrogens with zero attached hydrogens (tertiary/aromatic N) is 3. The zero-order valence-corrected chi connectivity index (χ0v) is 21.7. The Morgan fingerprint density at radius 3 is 2.29 bits per heavy atom. The zero-order valence-electron chi connectivity index (χ0n) is 20.1. The van der Waals surface area contributed by atoms with Crippen molar-refractivity contribution in [2.24, 2.45) is 0 Å². The van der Waals surface area contributed by atoms with Crippen molar-refractivity contribution in [1.29, 1.82) is 0 Å². The van der Waals surface area contributed by atoms with E-state index >= 15 is 0 Å². The number of benzene rings is 3. The van der Waals surface area contributed by atoms with Crippen molar-refractivity contribution >= 4 is 60.1 Å². The van der Waals surface area contributed by atoms with Gasteiger partial charge in [-0.2, -0.15) is 4.31 Å². The smallest absolute Gasteiger partial charge is 0.266 e. The van der Waals surface area contributed by atoms with E-state index < -0.39 is 27.7 Å². The molecule has 3 heterocycles. The number of carbonyl (C=O) groups excluding carboxylic acids is 3. The number of thiazole rings is 1. The Kier molecular flexibility index (Phi) is 6.05. The Bertz CT molecular complexity index is 1690. The van der Waals surface area contributed by atoms with Crippen LogP contribution in [0.15, 0.2) is 71.6 Å². The highest BCUT2D eigenvalue weighted by Gasteiger charge is 2.36. The second kappa shape index (κ2) is 9.43. The summed E-state index contributed by atoms with van der Waals surface area (Å²) in [6.45, 7) is 1.04. The van der Waals surface area contributed by atoms with Gasteiger partial charge < -0.3 is 0 Å². The first-order valence-electron chi connectivity index (χ1n) is 12.1. The Hall–Kier alpha value is -3.93. The number of rotatable bonds is 5. The molecule has 1 aromatic heterocycles. The van der Waals surface area contributed by atoms with Crippen LogP contribution in [-0.2, 0) is 10.0 Å². The molecule has 2 aliphatic rings. The fraction of sp³-hybridized carbons (Fsp3) is 0.185. The lowest BCUT2D eigenvalue weighted by Crippen LogP contribution is -2.35. The van der Waals surface area contributed by atoms with Gasteiger partial charge in [0, 0.05) is 18.7 Å². The van der Waals surface area contributed by atoms with E-state index in [-0.39, 0.29) is 10.5 Å². The molecule has 2 aliphatic heterocycles. The molecule has 0 atom stereocenters. The van der Waals surface area contributed by atoms with Crippen LogP contribution < -0.4 is 10.2 Å². The number of hydrogen-bond acceptors (Lipinski definition) is 7. The van der Waals surface area contributed by atoms with E-state index in [1.807, 2.05) is 0 Å². The molecule has 9 nitrogen and oxygen atoms in total. The minimum atomic E-state index is -3.59. The summed E-state index contributed by atoms with van der Waals surface area (Å²) in [5, 5.41) is 3.06. The van der Waals surface area contributed by atoms with Crippen molar-refractivity contribution in [1.82, 2.24) is 9.29 Å². The molecular weight excluding hydrogens is 524 g/mol. The Morgan fingerprint density at radius 1 is 0.868 bits per heavy atom. The maximum absolute atomic E-state index is 13.0. The van der Waals surface area contributed by atoms with Crippen molar-refractivity contribution in [2.75, 3.05) is 23.3 Å². The van der Waals surface area contributed by atoms with E-state index in [9.17, 15) is 22.8 Å². The van der Waals surface area contributed by atoms with Gasteiger partial charge in [0.1, 0.15) is 0 Å². The van der Waals surface area contributed by atoms with Gasteiger partial charge in [0.05, 0.1) is 31.9 Å². The minimum absolute atomic E-state index is 0.210. The molecule has 1 fully saturated rings. The molecule has 38 heavy (non-hydrogen) atoms. The van der Waals surface area contributed by atoms with Gasteiger partial charge in [0.15, 0.2) is 5.13 Å². The van der Waals surface area contributed by atoms with Crippen molar-refractivity contribution in [2.45, 2.75) is 24.2 Å². The first-order valence-corrected chi connectivity index (χ1v) is 14.4. The first-order chi connectivity index (χ1) is 18.3. The SMILES string of the molecule is O=C(Nc1nc2ccc(S(=O)(=O)N3CCCCC3)cc2s1)c1cccc(N2C(=O)c3ccccc3C2=O)c1. The van der Waals surface area contributed by atoms with Crippen molar-refractivity contribution < 1.29 is 22.8 Å². The average molecular weight is 547 g/mol. The lowest BCUT2D eigenvalue weighted by atomic mass is 10.1. The van der Waals surface area contributed by atoms with Crippen LogP contribution in [0.1, 0.15) is 50.3 Å². The van der Waals surface area contributed by atoms with Gasteiger partial charge in [-0.05, 0) is 61.4 Å². The molecule has 0 saturated carbocycles. The van der Waals surface area contributed by atoms with E-state index in [0.29, 0.717) is 45.3 Å². The van der Waals surface area contributed by atoms with Gasteiger partial charge in [-0.3, -0.25) is 19.7 Å². The fourth-order valence-electron chi connectivity index (χ4n) is 4.75. The molecule has 11 heteroatoms. The van der Waals surface area contributed by atoms with E-state index in [1.54, 1.807) is 60.7 Å². The van der Waals surface area contributed by atoms with E-state index in [1.165, 1.54) is 21.7 Å². The maximum atomic E-state index is 13.0. The lowest BCUT2D eigenvalue weighted by Gasteiger charge is -2.25. The number of fused-ring (bicyclic) bond motifs is 2. The fourth-order valence-corrected chi connectivity index (χ4v) is 7.27. The maximum Gasteiger partial charge on any atom is 0.266 e. The Balaban J connectivity index is 1.23. The van der Waals surface area contributed by atoms with Gasteiger partial charge in [-0.25, -0.2) is 18.3 Å². The standard InChI is InChI=1S/C27H22N4O5S2/c32-24(17-7-6-8-18(15-17)31-25(33)20-9-2-3-10-21(20)26(31)34)29-27-28-22-12-11-19(16-23(22)37-27)38(35,36)30-13-4-1-5-14-30/h2-3,6-12,15-16H,1,4-5,13-14H2,(H,28,29,32). The monoisotopic (exact) mass is 546 g/mol. The van der Waals surface area contributed by atoms with Crippen LogP contribution in [0.25, 0.3) is 10.2 Å². The number of sulfonamides is 1. The molecule has 0 spiro atoms. The molecule has 0 aliphatic carbocycles. The topological polar surface area (TPSA) is 117 Å². The largest absolute Gasteiger partial charge is 0.298 e. The first kappa shape index (κ1) is 24.4. The summed E-state index contributed by atoms with van der Waals surface area (Å²) in [6, 6.07) is 17.6. The molecular formula is C27H22N4O5S2. The second-order valence-corrected chi connectivity index (χ2v) is 12.1. The predicted molar refractivity (Wildman–Crippen MR) is 144 cm³/mol. The summed E-state index contributed by atoms with van der Waals surface area (Å²) in [7, 11) is -3.59. The van der Waals surface area contributed by atoms with Crippen LogP contribution >= 0.6 is 11.3 Å². The van der Waals surface area contributed by atoms with Crippen molar-refractivity contribution in [3.05, 3.63) is 83.4 Å². The van der Waals surface area contributed by atoms with Crippen LogP contribution in [0.5, 0.6) is 0 Å². The lowest BCUT2D eigenvalue weighted by molar-refractivity contribution is 0.0924. The summed E-state index contributed by atoms with van der Waals surface area (Å²) in [5.74, 6) is -1.35. The number of carbonyl (C=O) groups is 3. The number of aromatic nitrogens is 1. The van der Waals surface area contributed by atoms with Crippen molar-refractivity contribution in [3.8, 4) is 0 Å². The van der Waals surface area contributed by atoms with Gasteiger partial charge in [0.2, 0.25) is 10.0 Å². The van der Waals surface area contributed by atoms with Gasteiger partial charge in [-0.1, -0.05) is 36.0 Å². The molecule has 6 rings (SSSR count). The molecule has 0 bridgehead atoms. The normalized spacial score (nSPS) is 16.2. The number of hydrogen-bond donors (Lipinski definition) is 1. The number of imide groups is 1. The van der Waals surface area contributed by atoms with Crippen LogP contribution in [0.3, 0.4) is 0 Å². The van der Waals surface area contributed by atoms with Gasteiger partial charge >= 0.3 is 0 Å². The summed E-state index contributed by atoms with van der Waals surface area (Å²) in [6.07, 6.45) is 2.74. The average Bonchev–Trinajstić information content (AvgIpc) is 3.46. The molecule has 0 radical (unpaired) electrons. The minimum Gasteiger partial charge on any atom is -0.298 e. The molecule has 4 aromatic rings. The summed E-state index contributed by atoms with van der Waals surface area (Å²) >= 11 is 1.17. The molecule has 1 saturated heterocycles. The van der Waals surface area contributed by atoms with Crippen LogP contribution in [0, 0.1) is 0 Å². The third-order valence-electron chi connectivity index (χ3n) is 6.69. The van der Waals surface area contributed by atoms with Gasteiger partial charge in [0.25, 0.3) is 17.7 Å². The predicted octanol–water partition coefficient (Wildman–Crippen LogP) is 4.52. The molecule has 3 aromatic carbocycles. The third kappa shape index (κ3) is 4.18. The van der Waals surface area contributed by atoms with Crippen molar-refractivity contribution in [3.63, 3.8) is 0 Å². The highest BCUT2D eigenvalue weighted by molar-refractivity contribution is 7.89. The van der Waals surface area contributed by atoms with E-state index in [0.717, 1.165) is 24.2 Å². The zero-order chi connectivity index (χ0) is 26.4. The Morgan fingerprint density at radius 2 is 1.58 bits per heavy atom. The third-order valence-corrected chi connectivity index (χ3v) is 9.52. The number of nitrogens with one attached hydrogen (secondary N) is 1. The number of piperidine rings is 1. The highest BCUT2D eigenvalue weighted by atomic mass is 32.2. The molecule has 3 amide bonds. The molecule has 192 valence electrons. The van der Waals surface area contributed by atoms with Crippen LogP contribution in [0.4, 0.5) is 10.8 Å². The summed E-state index contributed by atoms with van der Waals surface area (Å²) in [4.78, 5) is 44.4. The van der Waals surface area contributed by atoms with E-state index in [4.69, 9.17) is 0 Å². The second-order valence-electron chi connectivity index (χ2n) is 9.11. The van der Waals surface area contributed by atoms with Gasteiger partial charge in [-0.15, -0.1) is 0 Å². The molecule has 0 unspecified atom stereocenters. The highest BCUT2D eigenvalue weighted by Crippen LogP contribution is 2.32. The number of amides is 3. The summed E-state index contributed by atoms with van der Waals surface area (Å²) in [5.41, 5.74) is 1.75. The van der Waals surface area contributed by atoms with Crippen LogP contribution in [0.2, 0.25) is 0 Å². The molecule has 1 N–H and O–H groups in total. The quantitative estimate of drug-likeness (QED) is 0.368. The number of anilines is 2. The Labute approximate surface area is 222 Å². The van der Waals surface area contributed by atoms with E-state index in [2.05, 4.69) is 10.3 Å².